The van der Waals surface area contributed by atoms with E-state index in [-0.39, 0.29) is 30.2 Å². The van der Waals surface area contributed by atoms with Crippen LogP contribution in [0.2, 0.25) is 0 Å². The summed E-state index contributed by atoms with van der Waals surface area (Å²) in [5, 5.41) is 0. The minimum Gasteiger partial charge on any atom is -0.479 e. The highest BCUT2D eigenvalue weighted by Crippen LogP contribution is 2.35. The number of piperidine rings is 1. The van der Waals surface area contributed by atoms with E-state index in [4.69, 9.17) is 4.74 Å². The summed E-state index contributed by atoms with van der Waals surface area (Å²) in [4.78, 5) is 40.7. The molecule has 0 bridgehead atoms. The van der Waals surface area contributed by atoms with Crippen molar-refractivity contribution < 1.29 is 19.1 Å². The van der Waals surface area contributed by atoms with E-state index in [1.807, 2.05) is 4.90 Å². The number of ketones is 1. The highest BCUT2D eigenvalue weighted by Gasteiger charge is 2.35. The molecule has 1 aromatic rings. The largest absolute Gasteiger partial charge is 0.479 e. The van der Waals surface area contributed by atoms with Gasteiger partial charge in [-0.3, -0.25) is 19.3 Å². The number of rotatable bonds is 4. The van der Waals surface area contributed by atoms with Crippen molar-refractivity contribution in [2.45, 2.75) is 58.6 Å². The average Bonchev–Trinajstić information content (AvgIpc) is 2.64. The predicted molar refractivity (Wildman–Crippen MR) is 98.5 cm³/mol. The van der Waals surface area contributed by atoms with Crippen molar-refractivity contribution in [2.75, 3.05) is 18.0 Å². The monoisotopic (exact) mass is 358 g/mol. The summed E-state index contributed by atoms with van der Waals surface area (Å²) >= 11 is 0. The van der Waals surface area contributed by atoms with Crippen LogP contribution in [0.4, 0.5) is 5.69 Å². The number of nitrogens with zero attached hydrogens (tertiary/aromatic N) is 2. The number of carbonyl (C=O) groups is 3. The second kappa shape index (κ2) is 7.48. The highest BCUT2D eigenvalue weighted by molar-refractivity contribution is 6.05. The molecule has 2 aliphatic rings. The van der Waals surface area contributed by atoms with Gasteiger partial charge in [0.05, 0.1) is 5.69 Å². The van der Waals surface area contributed by atoms with Crippen LogP contribution in [0.15, 0.2) is 18.2 Å². The van der Waals surface area contributed by atoms with Gasteiger partial charge in [-0.1, -0.05) is 6.92 Å². The van der Waals surface area contributed by atoms with E-state index in [9.17, 15) is 14.4 Å². The Labute approximate surface area is 154 Å². The zero-order chi connectivity index (χ0) is 18.8. The maximum absolute atomic E-state index is 12.9. The minimum atomic E-state index is -0.651. The lowest BCUT2D eigenvalue weighted by Crippen LogP contribution is -2.52. The van der Waals surface area contributed by atoms with Crippen molar-refractivity contribution in [2.24, 2.45) is 0 Å². The van der Waals surface area contributed by atoms with Gasteiger partial charge in [0.2, 0.25) is 5.91 Å². The Morgan fingerprint density at radius 1 is 1.27 bits per heavy atom. The van der Waals surface area contributed by atoms with Crippen molar-refractivity contribution in [3.63, 3.8) is 0 Å². The van der Waals surface area contributed by atoms with E-state index in [2.05, 4.69) is 6.92 Å². The minimum absolute atomic E-state index is 0.0165. The first-order valence-electron chi connectivity index (χ1n) is 9.34. The third-order valence-electron chi connectivity index (χ3n) is 5.29. The summed E-state index contributed by atoms with van der Waals surface area (Å²) in [7, 11) is 0. The lowest BCUT2D eigenvalue weighted by molar-refractivity contribution is -0.136. The predicted octanol–water partition coefficient (Wildman–Crippen LogP) is 2.79. The first-order valence-corrected chi connectivity index (χ1v) is 9.34. The standard InChI is InChI=1S/C20H26N2O4/c1-4-16-7-5-6-10-21(16)19(24)12-22-17-11-15(13(2)23)8-9-18(17)26-14(3)20(22)25/h8-9,11,14,16H,4-7,10,12H2,1-3H3. The van der Waals surface area contributed by atoms with Gasteiger partial charge in [-0.2, -0.15) is 0 Å². The average molecular weight is 358 g/mol. The van der Waals surface area contributed by atoms with Crippen LogP contribution >= 0.6 is 0 Å². The normalized spacial score (nSPS) is 22.7. The molecule has 0 aliphatic carbocycles. The van der Waals surface area contributed by atoms with E-state index < -0.39 is 6.10 Å². The van der Waals surface area contributed by atoms with Crippen molar-refractivity contribution in [3.8, 4) is 5.75 Å². The highest BCUT2D eigenvalue weighted by atomic mass is 16.5. The molecule has 0 radical (unpaired) electrons. The van der Waals surface area contributed by atoms with Crippen molar-refractivity contribution >= 4 is 23.3 Å². The number of ether oxygens (including phenoxy) is 1. The number of benzene rings is 1. The molecule has 3 rings (SSSR count). The van der Waals surface area contributed by atoms with E-state index in [1.54, 1.807) is 25.1 Å². The van der Waals surface area contributed by atoms with Crippen molar-refractivity contribution in [3.05, 3.63) is 23.8 Å². The van der Waals surface area contributed by atoms with E-state index in [1.165, 1.54) is 11.8 Å². The van der Waals surface area contributed by atoms with Crippen LogP contribution in [0.25, 0.3) is 0 Å². The van der Waals surface area contributed by atoms with Gasteiger partial charge in [-0.05, 0) is 57.7 Å². The Hall–Kier alpha value is -2.37. The summed E-state index contributed by atoms with van der Waals surface area (Å²) in [6, 6.07) is 5.26. The van der Waals surface area contributed by atoms with Gasteiger partial charge < -0.3 is 9.64 Å². The van der Waals surface area contributed by atoms with Crippen LogP contribution in [-0.4, -0.2) is 47.7 Å². The molecule has 140 valence electrons. The van der Waals surface area contributed by atoms with Crippen LogP contribution in [0.5, 0.6) is 5.75 Å². The van der Waals surface area contributed by atoms with E-state index in [0.29, 0.717) is 17.0 Å². The molecule has 2 unspecified atom stereocenters. The lowest BCUT2D eigenvalue weighted by Gasteiger charge is -2.38. The molecule has 1 fully saturated rings. The zero-order valence-electron chi connectivity index (χ0n) is 15.7. The second-order valence-electron chi connectivity index (χ2n) is 7.07. The fourth-order valence-electron chi connectivity index (χ4n) is 3.77. The second-order valence-corrected chi connectivity index (χ2v) is 7.07. The molecule has 0 N–H and O–H groups in total. The molecule has 2 aliphatic heterocycles. The Morgan fingerprint density at radius 3 is 2.73 bits per heavy atom. The smallest absolute Gasteiger partial charge is 0.268 e. The van der Waals surface area contributed by atoms with Gasteiger partial charge >= 0.3 is 0 Å². The molecule has 1 saturated heterocycles. The topological polar surface area (TPSA) is 66.9 Å². The van der Waals surface area contributed by atoms with Crippen molar-refractivity contribution in [1.82, 2.24) is 4.90 Å². The molecule has 6 nitrogen and oxygen atoms in total. The van der Waals surface area contributed by atoms with Crippen molar-refractivity contribution in [1.29, 1.82) is 0 Å². The molecular weight excluding hydrogens is 332 g/mol. The molecule has 2 atom stereocenters. The van der Waals surface area contributed by atoms with E-state index in [0.717, 1.165) is 32.2 Å². The fraction of sp³-hybridized carbons (Fsp3) is 0.550. The van der Waals surface area contributed by atoms with Gasteiger partial charge in [0.1, 0.15) is 12.3 Å². The Kier molecular flexibility index (Phi) is 5.30. The summed E-state index contributed by atoms with van der Waals surface area (Å²) in [6.07, 6.45) is 3.42. The van der Waals surface area contributed by atoms with Crippen LogP contribution in [-0.2, 0) is 9.59 Å². The van der Waals surface area contributed by atoms with Crippen LogP contribution in [0, 0.1) is 0 Å². The molecule has 0 saturated carbocycles. The van der Waals surface area contributed by atoms with Crippen LogP contribution < -0.4 is 9.64 Å². The number of likely N-dealkylation sites (tertiary alicyclic amines) is 1. The fourth-order valence-corrected chi connectivity index (χ4v) is 3.77. The van der Waals surface area contributed by atoms with Gasteiger partial charge in [-0.15, -0.1) is 0 Å². The maximum Gasteiger partial charge on any atom is 0.268 e. The first-order chi connectivity index (χ1) is 12.4. The third-order valence-corrected chi connectivity index (χ3v) is 5.29. The zero-order valence-corrected chi connectivity index (χ0v) is 15.7. The Morgan fingerprint density at radius 2 is 2.04 bits per heavy atom. The maximum atomic E-state index is 12.9. The lowest BCUT2D eigenvalue weighted by atomic mass is 10.00. The molecular formula is C20H26N2O4. The Bertz CT molecular complexity index is 731. The quantitative estimate of drug-likeness (QED) is 0.776. The third kappa shape index (κ3) is 3.45. The number of carbonyl (C=O) groups excluding carboxylic acids is 3. The molecule has 2 heterocycles. The number of anilines is 1. The SMILES string of the molecule is CCC1CCCCN1C(=O)CN1C(=O)C(C)Oc2ccc(C(C)=O)cc21. The summed E-state index contributed by atoms with van der Waals surface area (Å²) in [5.74, 6) is 0.141. The van der Waals surface area contributed by atoms with Crippen LogP contribution in [0.3, 0.4) is 0 Å². The van der Waals surface area contributed by atoms with Gasteiger partial charge in [-0.25, -0.2) is 0 Å². The number of hydrogen-bond acceptors (Lipinski definition) is 4. The molecule has 2 amide bonds. The summed E-state index contributed by atoms with van der Waals surface area (Å²) in [5.41, 5.74) is 0.996. The van der Waals surface area contributed by atoms with E-state index >= 15 is 0 Å². The molecule has 26 heavy (non-hydrogen) atoms. The number of hydrogen-bond donors (Lipinski definition) is 0. The number of fused-ring (bicyclic) bond motifs is 1. The first kappa shape index (κ1) is 18.4. The van der Waals surface area contributed by atoms with Gasteiger partial charge in [0.15, 0.2) is 11.9 Å². The van der Waals surface area contributed by atoms with Gasteiger partial charge in [0.25, 0.3) is 5.91 Å². The number of Topliss-reactive ketones (excluding diaryl/α,β-unsaturated/α-hetero) is 1. The summed E-state index contributed by atoms with van der Waals surface area (Å²) in [6.45, 7) is 5.97. The molecule has 0 aromatic heterocycles. The van der Waals surface area contributed by atoms with Crippen LogP contribution in [0.1, 0.15) is 56.8 Å². The Balaban J connectivity index is 1.88. The molecule has 0 spiro atoms. The number of amides is 2. The van der Waals surface area contributed by atoms with Gasteiger partial charge in [0, 0.05) is 18.2 Å². The molecule has 6 heteroatoms. The summed E-state index contributed by atoms with van der Waals surface area (Å²) < 4.78 is 5.65. The molecule has 1 aromatic carbocycles.